The lowest BCUT2D eigenvalue weighted by atomic mass is 9.87. The highest BCUT2D eigenvalue weighted by atomic mass is 16.2. The Hall–Kier alpha value is -2.10. The molecule has 0 spiro atoms. The van der Waals surface area contributed by atoms with E-state index in [2.05, 4.69) is 26.1 Å². The molecule has 0 saturated carbocycles. The molecule has 2 amide bonds. The number of amides is 2. The Morgan fingerprint density at radius 2 is 1.67 bits per heavy atom. The van der Waals surface area contributed by atoms with Crippen LogP contribution in [0, 0.1) is 0 Å². The summed E-state index contributed by atoms with van der Waals surface area (Å²) in [5, 5.41) is 2.68. The zero-order valence-electron chi connectivity index (χ0n) is 12.8. The maximum absolute atomic E-state index is 12.0. The van der Waals surface area contributed by atoms with Crippen LogP contribution in [0.2, 0.25) is 0 Å². The van der Waals surface area contributed by atoms with Crippen molar-refractivity contribution in [1.29, 1.82) is 0 Å². The Labute approximate surface area is 125 Å². The second kappa shape index (κ2) is 6.12. The third-order valence-electron chi connectivity index (χ3n) is 3.58. The molecule has 0 saturated heterocycles. The van der Waals surface area contributed by atoms with Gasteiger partial charge in [-0.05, 0) is 23.1 Å². The fourth-order valence-electron chi connectivity index (χ4n) is 2.17. The highest BCUT2D eigenvalue weighted by Crippen LogP contribution is 2.22. The van der Waals surface area contributed by atoms with Crippen molar-refractivity contribution in [3.8, 4) is 0 Å². The molecule has 0 fully saturated rings. The average molecular weight is 286 g/mol. The lowest BCUT2D eigenvalue weighted by Gasteiger charge is -2.19. The number of hydrogen-bond acceptors (Lipinski definition) is 2. The first-order valence-electron chi connectivity index (χ1n) is 7.19. The number of nitrogens with zero attached hydrogens (tertiary/aromatic N) is 1. The van der Waals surface area contributed by atoms with Gasteiger partial charge in [-0.25, -0.2) is 0 Å². The Morgan fingerprint density at radius 3 is 2.19 bits per heavy atom. The number of carbonyl (C=O) groups excluding carboxylic acids is 2. The van der Waals surface area contributed by atoms with E-state index in [0.717, 1.165) is 0 Å². The van der Waals surface area contributed by atoms with Crippen molar-refractivity contribution >= 4 is 11.8 Å². The molecule has 1 N–H and O–H groups in total. The fourth-order valence-corrected chi connectivity index (χ4v) is 2.17. The first-order valence-corrected chi connectivity index (χ1v) is 7.19. The topological polar surface area (TPSA) is 49.4 Å². The van der Waals surface area contributed by atoms with Crippen molar-refractivity contribution in [3.63, 3.8) is 0 Å². The van der Waals surface area contributed by atoms with Crippen LogP contribution in [-0.2, 0) is 10.2 Å². The van der Waals surface area contributed by atoms with Gasteiger partial charge < -0.3 is 10.2 Å². The third kappa shape index (κ3) is 3.94. The van der Waals surface area contributed by atoms with Crippen LogP contribution in [0.5, 0.6) is 0 Å². The molecule has 1 heterocycles. The normalized spacial score (nSPS) is 14.3. The van der Waals surface area contributed by atoms with E-state index in [-0.39, 0.29) is 23.8 Å². The minimum absolute atomic E-state index is 0.0432. The van der Waals surface area contributed by atoms with Gasteiger partial charge in [0.05, 0.1) is 6.54 Å². The van der Waals surface area contributed by atoms with Gasteiger partial charge in [0.2, 0.25) is 5.91 Å². The predicted molar refractivity (Wildman–Crippen MR) is 83.2 cm³/mol. The predicted octanol–water partition coefficient (Wildman–Crippen LogP) is 2.11. The molecular weight excluding hydrogens is 264 g/mol. The van der Waals surface area contributed by atoms with Crippen LogP contribution in [0.15, 0.2) is 36.4 Å². The summed E-state index contributed by atoms with van der Waals surface area (Å²) in [6.07, 6.45) is 3.90. The number of benzene rings is 1. The van der Waals surface area contributed by atoms with Gasteiger partial charge in [0.25, 0.3) is 5.91 Å². The largest absolute Gasteiger partial charge is 0.343 e. The molecule has 21 heavy (non-hydrogen) atoms. The van der Waals surface area contributed by atoms with Gasteiger partial charge >= 0.3 is 0 Å². The first kappa shape index (κ1) is 15.3. The van der Waals surface area contributed by atoms with Gasteiger partial charge in [0.15, 0.2) is 0 Å². The summed E-state index contributed by atoms with van der Waals surface area (Å²) in [4.78, 5) is 25.6. The molecule has 4 heteroatoms. The molecule has 0 atom stereocenters. The van der Waals surface area contributed by atoms with Crippen molar-refractivity contribution in [2.75, 3.05) is 19.6 Å². The van der Waals surface area contributed by atoms with E-state index < -0.39 is 0 Å². The third-order valence-corrected chi connectivity index (χ3v) is 3.58. The molecule has 1 aromatic rings. The fraction of sp³-hybridized carbons (Fsp3) is 0.412. The van der Waals surface area contributed by atoms with Crippen LogP contribution < -0.4 is 5.32 Å². The molecule has 112 valence electrons. The van der Waals surface area contributed by atoms with Gasteiger partial charge in [-0.15, -0.1) is 0 Å². The summed E-state index contributed by atoms with van der Waals surface area (Å²) >= 11 is 0. The molecule has 0 aliphatic carbocycles. The molecule has 0 radical (unpaired) electrons. The van der Waals surface area contributed by atoms with E-state index in [1.165, 1.54) is 5.56 Å². The highest BCUT2D eigenvalue weighted by Gasteiger charge is 2.17. The Morgan fingerprint density at radius 1 is 1.10 bits per heavy atom. The summed E-state index contributed by atoms with van der Waals surface area (Å²) in [7, 11) is 0. The minimum Gasteiger partial charge on any atom is -0.343 e. The van der Waals surface area contributed by atoms with Gasteiger partial charge in [0.1, 0.15) is 0 Å². The summed E-state index contributed by atoms with van der Waals surface area (Å²) in [6.45, 7) is 7.70. The van der Waals surface area contributed by atoms with Crippen LogP contribution in [0.3, 0.4) is 0 Å². The van der Waals surface area contributed by atoms with Gasteiger partial charge in [-0.3, -0.25) is 9.59 Å². The lowest BCUT2D eigenvalue weighted by molar-refractivity contribution is -0.128. The molecule has 0 aromatic heterocycles. The van der Waals surface area contributed by atoms with Crippen molar-refractivity contribution in [2.45, 2.75) is 26.2 Å². The second-order valence-electron chi connectivity index (χ2n) is 6.28. The van der Waals surface area contributed by atoms with E-state index in [0.29, 0.717) is 18.7 Å². The zero-order valence-corrected chi connectivity index (χ0v) is 12.8. The van der Waals surface area contributed by atoms with Crippen LogP contribution in [-0.4, -0.2) is 36.3 Å². The van der Waals surface area contributed by atoms with Crippen molar-refractivity contribution in [1.82, 2.24) is 10.2 Å². The standard InChI is InChI=1S/C17H22N2O2/c1-17(2,3)14-8-6-13(7-9-14)16(21)18-12-15(20)19-10-4-5-11-19/h4-9H,10-12H2,1-3H3,(H,18,21). The van der Waals surface area contributed by atoms with E-state index in [1.54, 1.807) is 17.0 Å². The maximum Gasteiger partial charge on any atom is 0.251 e. The van der Waals surface area contributed by atoms with E-state index in [4.69, 9.17) is 0 Å². The quantitative estimate of drug-likeness (QED) is 0.865. The van der Waals surface area contributed by atoms with Crippen molar-refractivity contribution in [3.05, 3.63) is 47.5 Å². The van der Waals surface area contributed by atoms with Crippen LogP contribution in [0.1, 0.15) is 36.7 Å². The van der Waals surface area contributed by atoms with Crippen LogP contribution in [0.4, 0.5) is 0 Å². The summed E-state index contributed by atoms with van der Waals surface area (Å²) in [5.41, 5.74) is 1.82. The smallest absolute Gasteiger partial charge is 0.251 e. The molecule has 1 aliphatic heterocycles. The van der Waals surface area contributed by atoms with E-state index >= 15 is 0 Å². The molecule has 0 unspecified atom stereocenters. The zero-order chi connectivity index (χ0) is 15.5. The van der Waals surface area contributed by atoms with Crippen LogP contribution >= 0.6 is 0 Å². The lowest BCUT2D eigenvalue weighted by Crippen LogP contribution is -2.38. The Kier molecular flexibility index (Phi) is 4.46. The average Bonchev–Trinajstić information content (AvgIpc) is 2.98. The second-order valence-corrected chi connectivity index (χ2v) is 6.28. The molecule has 1 aromatic carbocycles. The Bertz CT molecular complexity index is 545. The van der Waals surface area contributed by atoms with Crippen LogP contribution in [0.25, 0.3) is 0 Å². The SMILES string of the molecule is CC(C)(C)c1ccc(C(=O)NCC(=O)N2CC=CC2)cc1. The van der Waals surface area contributed by atoms with Gasteiger partial charge in [-0.2, -0.15) is 0 Å². The Balaban J connectivity index is 1.90. The minimum atomic E-state index is -0.212. The number of carbonyl (C=O) groups is 2. The first-order chi connectivity index (χ1) is 9.88. The maximum atomic E-state index is 12.0. The highest BCUT2D eigenvalue weighted by molar-refractivity contribution is 5.96. The summed E-state index contributed by atoms with van der Waals surface area (Å²) in [6, 6.07) is 7.53. The van der Waals surface area contributed by atoms with Crippen molar-refractivity contribution in [2.24, 2.45) is 0 Å². The summed E-state index contributed by atoms with van der Waals surface area (Å²) in [5.74, 6) is -0.268. The van der Waals surface area contributed by atoms with Crippen molar-refractivity contribution < 1.29 is 9.59 Å². The monoisotopic (exact) mass is 286 g/mol. The number of nitrogens with one attached hydrogen (secondary N) is 1. The van der Waals surface area contributed by atoms with Gasteiger partial charge in [-0.1, -0.05) is 45.1 Å². The van der Waals surface area contributed by atoms with E-state index in [1.807, 2.05) is 24.3 Å². The molecule has 1 aliphatic rings. The number of rotatable bonds is 3. The molecule has 2 rings (SSSR count). The van der Waals surface area contributed by atoms with E-state index in [9.17, 15) is 9.59 Å². The van der Waals surface area contributed by atoms with Gasteiger partial charge in [0, 0.05) is 18.7 Å². The molecular formula is C17H22N2O2. The molecule has 0 bridgehead atoms. The number of hydrogen-bond donors (Lipinski definition) is 1. The molecule has 4 nitrogen and oxygen atoms in total. The summed E-state index contributed by atoms with van der Waals surface area (Å²) < 4.78 is 0.